The molecular weight excluding hydrogens is 334 g/mol. The van der Waals surface area contributed by atoms with Gasteiger partial charge in [-0.2, -0.15) is 0 Å². The van der Waals surface area contributed by atoms with Gasteiger partial charge in [0.1, 0.15) is 12.4 Å². The molecule has 0 bridgehead atoms. The molecule has 0 saturated heterocycles. The molecule has 3 aromatic rings. The van der Waals surface area contributed by atoms with E-state index in [4.69, 9.17) is 4.74 Å². The van der Waals surface area contributed by atoms with Crippen molar-refractivity contribution in [2.24, 2.45) is 0 Å². The minimum atomic E-state index is -0.104. The molecule has 3 heteroatoms. The molecule has 0 heterocycles. The lowest BCUT2D eigenvalue weighted by Crippen LogP contribution is -2.26. The molecule has 1 atom stereocenters. The molecule has 138 valence electrons. The summed E-state index contributed by atoms with van der Waals surface area (Å²) in [6, 6.07) is 25.6. The van der Waals surface area contributed by atoms with Gasteiger partial charge in [0, 0.05) is 5.56 Å². The van der Waals surface area contributed by atoms with Crippen LogP contribution in [0.1, 0.15) is 46.9 Å². The molecule has 0 unspecified atom stereocenters. The van der Waals surface area contributed by atoms with E-state index in [-0.39, 0.29) is 11.9 Å². The van der Waals surface area contributed by atoms with Crippen LogP contribution in [0.4, 0.5) is 0 Å². The third kappa shape index (κ3) is 5.20. The molecule has 0 spiro atoms. The number of hydrogen-bond donors (Lipinski definition) is 1. The highest BCUT2D eigenvalue weighted by Crippen LogP contribution is 2.18. The molecule has 0 radical (unpaired) electrons. The van der Waals surface area contributed by atoms with Crippen LogP contribution in [0.3, 0.4) is 0 Å². The number of hydrogen-bond acceptors (Lipinski definition) is 2. The lowest BCUT2D eigenvalue weighted by Gasteiger charge is -2.15. The minimum Gasteiger partial charge on any atom is -0.489 e. The SMILES string of the molecule is CCc1ccc([C@@H](C)NC(=O)c2cccc(OCc3ccccc3)c2)cc1. The lowest BCUT2D eigenvalue weighted by atomic mass is 10.0. The van der Waals surface area contributed by atoms with Crippen molar-refractivity contribution in [3.05, 3.63) is 101 Å². The van der Waals surface area contributed by atoms with Crippen LogP contribution in [0.15, 0.2) is 78.9 Å². The summed E-state index contributed by atoms with van der Waals surface area (Å²) in [5.74, 6) is 0.582. The maximum Gasteiger partial charge on any atom is 0.251 e. The maximum atomic E-state index is 12.6. The summed E-state index contributed by atoms with van der Waals surface area (Å²) in [5.41, 5.74) is 4.08. The van der Waals surface area contributed by atoms with Crippen LogP contribution in [0, 0.1) is 0 Å². The van der Waals surface area contributed by atoms with Gasteiger partial charge in [-0.1, -0.05) is 67.6 Å². The molecular formula is C24H25NO2. The first-order valence-corrected chi connectivity index (χ1v) is 9.32. The predicted octanol–water partition coefficient (Wildman–Crippen LogP) is 5.32. The average molecular weight is 359 g/mol. The first-order valence-electron chi connectivity index (χ1n) is 9.32. The molecule has 0 aromatic heterocycles. The molecule has 1 N–H and O–H groups in total. The van der Waals surface area contributed by atoms with Gasteiger partial charge in [-0.15, -0.1) is 0 Å². The van der Waals surface area contributed by atoms with Crippen molar-refractivity contribution in [1.29, 1.82) is 0 Å². The van der Waals surface area contributed by atoms with Gasteiger partial charge in [-0.25, -0.2) is 0 Å². The third-order valence-corrected chi connectivity index (χ3v) is 4.58. The number of rotatable bonds is 7. The van der Waals surface area contributed by atoms with E-state index >= 15 is 0 Å². The molecule has 1 amide bonds. The molecule has 0 fully saturated rings. The summed E-state index contributed by atoms with van der Waals surface area (Å²) in [4.78, 5) is 12.6. The summed E-state index contributed by atoms with van der Waals surface area (Å²) in [5, 5.41) is 3.06. The molecule has 0 aliphatic carbocycles. The highest BCUT2D eigenvalue weighted by molar-refractivity contribution is 5.94. The standard InChI is InChI=1S/C24H25NO2/c1-3-19-12-14-21(15-13-19)18(2)25-24(26)22-10-7-11-23(16-22)27-17-20-8-5-4-6-9-20/h4-16,18H,3,17H2,1-2H3,(H,25,26)/t18-/m1/s1. The second-order valence-electron chi connectivity index (χ2n) is 6.59. The quantitative estimate of drug-likeness (QED) is 0.620. The highest BCUT2D eigenvalue weighted by atomic mass is 16.5. The topological polar surface area (TPSA) is 38.3 Å². The van der Waals surface area contributed by atoms with Gasteiger partial charge in [0.15, 0.2) is 0 Å². The Hall–Kier alpha value is -3.07. The Morgan fingerprint density at radius 1 is 0.926 bits per heavy atom. The van der Waals surface area contributed by atoms with Crippen LogP contribution >= 0.6 is 0 Å². The summed E-state index contributed by atoms with van der Waals surface area (Å²) in [6.07, 6.45) is 1.01. The number of aryl methyl sites for hydroxylation is 1. The molecule has 3 nitrogen and oxygen atoms in total. The fourth-order valence-electron chi connectivity index (χ4n) is 2.87. The van der Waals surface area contributed by atoms with E-state index in [2.05, 4.69) is 36.5 Å². The molecule has 3 rings (SSSR count). The summed E-state index contributed by atoms with van der Waals surface area (Å²) < 4.78 is 5.82. The monoisotopic (exact) mass is 359 g/mol. The number of nitrogens with one attached hydrogen (secondary N) is 1. The van der Waals surface area contributed by atoms with E-state index in [1.165, 1.54) is 5.56 Å². The van der Waals surface area contributed by atoms with E-state index in [0.29, 0.717) is 17.9 Å². The first-order chi connectivity index (χ1) is 13.2. The van der Waals surface area contributed by atoms with Crippen molar-refractivity contribution in [2.75, 3.05) is 0 Å². The minimum absolute atomic E-state index is 0.0581. The zero-order valence-electron chi connectivity index (χ0n) is 15.8. The molecule has 3 aromatic carbocycles. The van der Waals surface area contributed by atoms with Crippen molar-refractivity contribution in [2.45, 2.75) is 32.9 Å². The maximum absolute atomic E-state index is 12.6. The number of amides is 1. The first kappa shape index (κ1) is 18.7. The van der Waals surface area contributed by atoms with Gasteiger partial charge in [0.05, 0.1) is 6.04 Å². The summed E-state index contributed by atoms with van der Waals surface area (Å²) >= 11 is 0. The van der Waals surface area contributed by atoms with Gasteiger partial charge >= 0.3 is 0 Å². The van der Waals surface area contributed by atoms with Crippen LogP contribution in [0.2, 0.25) is 0 Å². The van der Waals surface area contributed by atoms with E-state index in [9.17, 15) is 4.79 Å². The molecule has 0 aliphatic heterocycles. The van der Waals surface area contributed by atoms with Crippen LogP contribution < -0.4 is 10.1 Å². The van der Waals surface area contributed by atoms with E-state index in [1.807, 2.05) is 49.4 Å². The van der Waals surface area contributed by atoms with Crippen molar-refractivity contribution < 1.29 is 9.53 Å². The molecule has 0 aliphatic rings. The van der Waals surface area contributed by atoms with Crippen molar-refractivity contribution in [3.8, 4) is 5.75 Å². The molecule has 0 saturated carbocycles. The van der Waals surface area contributed by atoms with Crippen LogP contribution in [0.25, 0.3) is 0 Å². The summed E-state index contributed by atoms with van der Waals surface area (Å²) in [7, 11) is 0. The lowest BCUT2D eigenvalue weighted by molar-refractivity contribution is 0.0939. The van der Waals surface area contributed by atoms with E-state index in [0.717, 1.165) is 17.5 Å². The van der Waals surface area contributed by atoms with Crippen molar-refractivity contribution in [3.63, 3.8) is 0 Å². The van der Waals surface area contributed by atoms with Gasteiger partial charge in [0.25, 0.3) is 5.91 Å². The smallest absolute Gasteiger partial charge is 0.251 e. The van der Waals surface area contributed by atoms with Crippen molar-refractivity contribution in [1.82, 2.24) is 5.32 Å². The molecule has 27 heavy (non-hydrogen) atoms. The number of ether oxygens (including phenoxy) is 1. The Labute approximate surface area is 161 Å². The van der Waals surface area contributed by atoms with Gasteiger partial charge in [-0.05, 0) is 48.2 Å². The fourth-order valence-corrected chi connectivity index (χ4v) is 2.87. The van der Waals surface area contributed by atoms with E-state index < -0.39 is 0 Å². The number of carbonyl (C=O) groups is 1. The second kappa shape index (κ2) is 9.04. The second-order valence-corrected chi connectivity index (χ2v) is 6.59. The largest absolute Gasteiger partial charge is 0.489 e. The fraction of sp³-hybridized carbons (Fsp3) is 0.208. The Balaban J connectivity index is 1.62. The van der Waals surface area contributed by atoms with E-state index in [1.54, 1.807) is 12.1 Å². The highest BCUT2D eigenvalue weighted by Gasteiger charge is 2.12. The average Bonchev–Trinajstić information content (AvgIpc) is 2.73. The Morgan fingerprint density at radius 2 is 1.67 bits per heavy atom. The van der Waals surface area contributed by atoms with Gasteiger partial charge in [0.2, 0.25) is 0 Å². The zero-order chi connectivity index (χ0) is 19.1. The predicted molar refractivity (Wildman–Crippen MR) is 109 cm³/mol. The normalized spacial score (nSPS) is 11.6. The van der Waals surface area contributed by atoms with Crippen LogP contribution in [-0.2, 0) is 13.0 Å². The van der Waals surface area contributed by atoms with Crippen molar-refractivity contribution >= 4 is 5.91 Å². The van der Waals surface area contributed by atoms with Crippen LogP contribution in [-0.4, -0.2) is 5.91 Å². The summed E-state index contributed by atoms with van der Waals surface area (Å²) in [6.45, 7) is 4.60. The van der Waals surface area contributed by atoms with Gasteiger partial charge < -0.3 is 10.1 Å². The number of carbonyl (C=O) groups excluding carboxylic acids is 1. The van der Waals surface area contributed by atoms with Gasteiger partial charge in [-0.3, -0.25) is 4.79 Å². The zero-order valence-corrected chi connectivity index (χ0v) is 15.8. The Morgan fingerprint density at radius 3 is 2.37 bits per heavy atom. The van der Waals surface area contributed by atoms with Crippen LogP contribution in [0.5, 0.6) is 5.75 Å². The Bertz CT molecular complexity index is 872. The number of benzene rings is 3. The third-order valence-electron chi connectivity index (χ3n) is 4.58. The Kier molecular flexibility index (Phi) is 6.26.